The molecule has 0 fully saturated rings. The van der Waals surface area contributed by atoms with Gasteiger partial charge in [-0.2, -0.15) is 5.10 Å². The molecular weight excluding hydrogens is 583 g/mol. The van der Waals surface area contributed by atoms with E-state index in [1.54, 1.807) is 6.21 Å². The van der Waals surface area contributed by atoms with Crippen molar-refractivity contribution in [1.82, 2.24) is 20.2 Å². The topological polar surface area (TPSA) is 84.2 Å². The third-order valence-electron chi connectivity index (χ3n) is 5.46. The first kappa shape index (κ1) is 25.9. The lowest BCUT2D eigenvalue weighted by Crippen LogP contribution is -2.27. The number of anilines is 1. The Hall–Kier alpha value is -3.18. The van der Waals surface area contributed by atoms with Crippen LogP contribution >= 0.6 is 34.4 Å². The molecule has 0 saturated carbocycles. The molecule has 0 saturated heterocycles. The van der Waals surface area contributed by atoms with Gasteiger partial charge in [0.25, 0.3) is 5.91 Å². The van der Waals surface area contributed by atoms with Gasteiger partial charge in [-0.3, -0.25) is 9.36 Å². The van der Waals surface area contributed by atoms with Crippen LogP contribution in [0.2, 0.25) is 0 Å². The average molecular weight is 611 g/mol. The van der Waals surface area contributed by atoms with Crippen LogP contribution in [0.5, 0.6) is 0 Å². The zero-order valence-corrected chi connectivity index (χ0v) is 23.2. The van der Waals surface area contributed by atoms with Gasteiger partial charge in [0, 0.05) is 14.9 Å². The van der Waals surface area contributed by atoms with Crippen molar-refractivity contribution in [2.45, 2.75) is 37.7 Å². The summed E-state index contributed by atoms with van der Waals surface area (Å²) in [6, 6.07) is 24.1. The third-order valence-corrected chi connectivity index (χ3v) is 7.17. The van der Waals surface area contributed by atoms with Crippen LogP contribution in [0.15, 0.2) is 83.1 Å². The number of hydrogen-bond donors (Lipinski definition) is 2. The second-order valence-electron chi connectivity index (χ2n) is 8.29. The minimum absolute atomic E-state index is 0.208. The van der Waals surface area contributed by atoms with Crippen LogP contribution in [0.25, 0.3) is 5.69 Å². The Kier molecular flexibility index (Phi) is 8.76. The molecule has 0 unspecified atom stereocenters. The fourth-order valence-electron chi connectivity index (χ4n) is 3.45. The molecule has 4 aromatic rings. The van der Waals surface area contributed by atoms with Crippen LogP contribution in [0, 0.1) is 17.4 Å². The van der Waals surface area contributed by atoms with E-state index in [9.17, 15) is 4.79 Å². The molecule has 1 atom stereocenters. The number of thioether (sulfide) groups is 1. The Morgan fingerprint density at radius 3 is 2.56 bits per heavy atom. The molecule has 36 heavy (non-hydrogen) atoms. The molecule has 0 radical (unpaired) electrons. The number of hydrogen-bond acceptors (Lipinski definition) is 6. The number of benzene rings is 3. The molecule has 0 spiro atoms. The molecule has 2 N–H and O–H groups in total. The molecule has 9 heteroatoms. The first-order valence-electron chi connectivity index (χ1n) is 11.5. The van der Waals surface area contributed by atoms with Crippen LogP contribution in [-0.4, -0.2) is 32.1 Å². The Labute approximate surface area is 228 Å². The van der Waals surface area contributed by atoms with Gasteiger partial charge in [0.15, 0.2) is 11.0 Å². The summed E-state index contributed by atoms with van der Waals surface area (Å²) in [6.07, 6.45) is 1.64. The number of nitrogens with zero attached hydrogens (tertiary/aromatic N) is 4. The van der Waals surface area contributed by atoms with Gasteiger partial charge in [0.2, 0.25) is 0 Å². The lowest BCUT2D eigenvalue weighted by Gasteiger charge is -2.14. The molecule has 0 aliphatic carbocycles. The smallest absolute Gasteiger partial charge is 0.253 e. The summed E-state index contributed by atoms with van der Waals surface area (Å²) in [7, 11) is 0. The molecule has 3 aromatic carbocycles. The zero-order chi connectivity index (χ0) is 25.5. The number of halogens is 1. The van der Waals surface area contributed by atoms with E-state index in [4.69, 9.17) is 0 Å². The van der Waals surface area contributed by atoms with E-state index >= 15 is 0 Å². The van der Waals surface area contributed by atoms with E-state index in [1.165, 1.54) is 26.5 Å². The number of hydrazone groups is 1. The summed E-state index contributed by atoms with van der Waals surface area (Å²) in [4.78, 5) is 12.7. The molecule has 4 rings (SSSR count). The van der Waals surface area contributed by atoms with Crippen molar-refractivity contribution in [1.29, 1.82) is 0 Å². The van der Waals surface area contributed by atoms with Gasteiger partial charge in [-0.05, 0) is 84.8 Å². The van der Waals surface area contributed by atoms with Crippen LogP contribution < -0.4 is 10.7 Å². The van der Waals surface area contributed by atoms with Gasteiger partial charge in [0.05, 0.1) is 18.0 Å². The van der Waals surface area contributed by atoms with Gasteiger partial charge in [-0.25, -0.2) is 5.43 Å². The largest absolute Gasteiger partial charge is 0.378 e. The molecule has 1 aromatic heterocycles. The Morgan fingerprint density at radius 1 is 1.08 bits per heavy atom. The number of nitrogens with one attached hydrogen (secondary N) is 2. The van der Waals surface area contributed by atoms with Crippen LogP contribution in [0.4, 0.5) is 5.69 Å². The normalized spacial score (nSPS) is 12.0. The standard InChI is InChI=1S/C27H27IN6OS/c1-18-9-11-21(12-10-18)16-30-32-26(35)20(3)36-27-33-31-25(34(27)23-7-5-4-6-8-23)17-29-24-14-13-22(28)15-19(24)2/h4-16,20,29H,17H2,1-3H3,(H,32,35)/b30-16-/t20-/m0/s1. The second kappa shape index (κ2) is 12.2. The highest BCUT2D eigenvalue weighted by atomic mass is 127. The zero-order valence-electron chi connectivity index (χ0n) is 20.3. The number of carbonyl (C=O) groups excluding carboxylic acids is 1. The van der Waals surface area contributed by atoms with Crippen molar-refractivity contribution >= 4 is 52.2 Å². The lowest BCUT2D eigenvalue weighted by molar-refractivity contribution is -0.120. The SMILES string of the molecule is Cc1ccc(/C=N\NC(=O)[C@H](C)Sc2nnc(CNc3ccc(I)cc3C)n2-c2ccccc2)cc1. The average Bonchev–Trinajstić information content (AvgIpc) is 3.27. The molecule has 1 amide bonds. The fourth-order valence-corrected chi connectivity index (χ4v) is 4.98. The quantitative estimate of drug-likeness (QED) is 0.110. The summed E-state index contributed by atoms with van der Waals surface area (Å²) in [5, 5.41) is 16.6. The van der Waals surface area contributed by atoms with Crippen LogP contribution in [0.3, 0.4) is 0 Å². The molecule has 184 valence electrons. The summed E-state index contributed by atoms with van der Waals surface area (Å²) in [5.74, 6) is 0.548. The van der Waals surface area contributed by atoms with E-state index in [1.807, 2.05) is 73.0 Å². The highest BCUT2D eigenvalue weighted by molar-refractivity contribution is 14.1. The minimum Gasteiger partial charge on any atom is -0.378 e. The van der Waals surface area contributed by atoms with E-state index < -0.39 is 5.25 Å². The third kappa shape index (κ3) is 6.73. The van der Waals surface area contributed by atoms with Crippen molar-refractivity contribution in [3.63, 3.8) is 0 Å². The Balaban J connectivity index is 1.48. The number of aryl methyl sites for hydroxylation is 2. The fraction of sp³-hybridized carbons (Fsp3) is 0.185. The monoisotopic (exact) mass is 610 g/mol. The first-order valence-corrected chi connectivity index (χ1v) is 13.4. The van der Waals surface area contributed by atoms with E-state index in [0.29, 0.717) is 11.7 Å². The number of carbonyl (C=O) groups is 1. The van der Waals surface area contributed by atoms with Crippen LogP contribution in [-0.2, 0) is 11.3 Å². The van der Waals surface area contributed by atoms with Crippen molar-refractivity contribution in [3.8, 4) is 5.69 Å². The molecular formula is C27H27IN6OS. The summed E-state index contributed by atoms with van der Waals surface area (Å²) >= 11 is 3.65. The maximum absolute atomic E-state index is 12.7. The van der Waals surface area contributed by atoms with Crippen LogP contribution in [0.1, 0.15) is 29.4 Å². The minimum atomic E-state index is -0.425. The molecule has 0 aliphatic heterocycles. The first-order chi connectivity index (χ1) is 17.4. The molecule has 1 heterocycles. The van der Waals surface area contributed by atoms with Gasteiger partial charge in [-0.1, -0.05) is 59.8 Å². The predicted octanol–water partition coefficient (Wildman–Crippen LogP) is 5.73. The van der Waals surface area contributed by atoms with Crippen molar-refractivity contribution in [2.24, 2.45) is 5.10 Å². The summed E-state index contributed by atoms with van der Waals surface area (Å²) < 4.78 is 3.18. The number of rotatable bonds is 9. The maximum atomic E-state index is 12.7. The lowest BCUT2D eigenvalue weighted by atomic mass is 10.2. The molecule has 0 bridgehead atoms. The van der Waals surface area contributed by atoms with Crippen molar-refractivity contribution in [2.75, 3.05) is 5.32 Å². The predicted molar refractivity (Wildman–Crippen MR) is 155 cm³/mol. The van der Waals surface area contributed by atoms with Crippen molar-refractivity contribution in [3.05, 3.63) is 98.9 Å². The van der Waals surface area contributed by atoms with Gasteiger partial charge >= 0.3 is 0 Å². The Morgan fingerprint density at radius 2 is 1.83 bits per heavy atom. The summed E-state index contributed by atoms with van der Waals surface area (Å²) in [5.41, 5.74) is 7.87. The molecule has 0 aliphatic rings. The van der Waals surface area contributed by atoms with Gasteiger partial charge in [0.1, 0.15) is 0 Å². The van der Waals surface area contributed by atoms with Gasteiger partial charge < -0.3 is 5.32 Å². The highest BCUT2D eigenvalue weighted by Crippen LogP contribution is 2.27. The Bertz CT molecular complexity index is 1350. The second-order valence-corrected chi connectivity index (χ2v) is 10.8. The molecule has 7 nitrogen and oxygen atoms in total. The van der Waals surface area contributed by atoms with Gasteiger partial charge in [-0.15, -0.1) is 10.2 Å². The van der Waals surface area contributed by atoms with E-state index in [2.05, 4.69) is 73.8 Å². The van der Waals surface area contributed by atoms with E-state index in [-0.39, 0.29) is 5.91 Å². The highest BCUT2D eigenvalue weighted by Gasteiger charge is 2.21. The summed E-state index contributed by atoms with van der Waals surface area (Å²) in [6.45, 7) is 6.43. The van der Waals surface area contributed by atoms with E-state index in [0.717, 1.165) is 22.8 Å². The maximum Gasteiger partial charge on any atom is 0.253 e. The van der Waals surface area contributed by atoms with Crippen molar-refractivity contribution < 1.29 is 4.79 Å². The number of amides is 1. The number of aromatic nitrogens is 3. The number of para-hydroxylation sites is 1.